The molecular weight excluding hydrogens is 509 g/mol. The molecule has 10 heteroatoms. The van der Waals surface area contributed by atoms with Gasteiger partial charge in [-0.15, -0.1) is 0 Å². The summed E-state index contributed by atoms with van der Waals surface area (Å²) in [7, 11) is 0. The number of rotatable bonds is 8. The minimum Gasteiger partial charge on any atom is -0.484 e. The van der Waals surface area contributed by atoms with E-state index in [0.717, 1.165) is 49.4 Å². The second-order valence-corrected chi connectivity index (χ2v) is 9.54. The van der Waals surface area contributed by atoms with E-state index in [0.29, 0.717) is 11.3 Å². The van der Waals surface area contributed by atoms with E-state index in [1.54, 1.807) is 48.7 Å². The first-order valence-corrected chi connectivity index (χ1v) is 12.7. The average Bonchev–Trinajstić information content (AvgIpc) is 3.36. The van der Waals surface area contributed by atoms with Gasteiger partial charge in [-0.25, -0.2) is 4.68 Å². The first kappa shape index (κ1) is 26.7. The Kier molecular flexibility index (Phi) is 7.85. The number of fused-ring (bicyclic) bond motifs is 1. The molecule has 1 saturated heterocycles. The number of nitrogens with zero attached hydrogens (tertiary/aromatic N) is 3. The molecule has 2 heterocycles. The molecule has 1 aliphatic heterocycles. The molecule has 5 rings (SSSR count). The number of aromatic nitrogens is 2. The van der Waals surface area contributed by atoms with Crippen LogP contribution in [-0.4, -0.2) is 59.1 Å². The van der Waals surface area contributed by atoms with E-state index in [9.17, 15) is 18.0 Å². The lowest BCUT2D eigenvalue weighted by molar-refractivity contribution is -0.174. The maximum Gasteiger partial charge on any atom is 0.471 e. The van der Waals surface area contributed by atoms with Crippen molar-refractivity contribution in [1.29, 1.82) is 0 Å². The van der Waals surface area contributed by atoms with Crippen LogP contribution in [0.25, 0.3) is 16.6 Å². The standard InChI is InChI=1S/C29H29F3N4O3/c1-20(34-28(37)29(30,31)32)27(22-5-3-2-4-6-22)39-25-11-12-26-23(17-25)18-33-36(26)24-9-7-21(8-10-24)19-35-13-15-38-16-14-35/h2-12,17-18,20,27H,13-16,19H2,1H3,(H,34,37)/t20-,27+/m0/s1. The molecule has 0 bridgehead atoms. The van der Waals surface area contributed by atoms with Crippen LogP contribution in [0.1, 0.15) is 24.2 Å². The fraction of sp³-hybridized carbons (Fsp3) is 0.310. The molecule has 7 nitrogen and oxygen atoms in total. The molecule has 3 aromatic carbocycles. The molecule has 1 fully saturated rings. The quantitative estimate of drug-likeness (QED) is 0.340. The maximum absolute atomic E-state index is 12.9. The van der Waals surface area contributed by atoms with Crippen LogP contribution in [0.3, 0.4) is 0 Å². The lowest BCUT2D eigenvalue weighted by Gasteiger charge is -2.27. The van der Waals surface area contributed by atoms with Crippen molar-refractivity contribution in [3.63, 3.8) is 0 Å². The normalized spacial score (nSPS) is 16.1. The Morgan fingerprint density at radius 2 is 1.77 bits per heavy atom. The molecule has 4 aromatic rings. The molecule has 0 aliphatic carbocycles. The summed E-state index contributed by atoms with van der Waals surface area (Å²) in [5, 5.41) is 7.37. The molecule has 2 atom stereocenters. The third-order valence-electron chi connectivity index (χ3n) is 6.69. The van der Waals surface area contributed by atoms with E-state index in [4.69, 9.17) is 9.47 Å². The molecule has 1 amide bonds. The minimum absolute atomic E-state index is 0.449. The summed E-state index contributed by atoms with van der Waals surface area (Å²) < 4.78 is 52.0. The van der Waals surface area contributed by atoms with Gasteiger partial charge in [0.05, 0.1) is 36.7 Å². The van der Waals surface area contributed by atoms with Crippen LogP contribution < -0.4 is 10.1 Å². The van der Waals surface area contributed by atoms with Crippen LogP contribution in [0, 0.1) is 0 Å². The Hall–Kier alpha value is -3.89. The number of amides is 1. The highest BCUT2D eigenvalue weighted by Crippen LogP contribution is 2.29. The summed E-state index contributed by atoms with van der Waals surface area (Å²) in [5.74, 6) is -1.56. The number of hydrogen-bond acceptors (Lipinski definition) is 5. The zero-order valence-corrected chi connectivity index (χ0v) is 21.4. The van der Waals surface area contributed by atoms with E-state index in [1.165, 1.54) is 12.5 Å². The van der Waals surface area contributed by atoms with Gasteiger partial charge in [0.1, 0.15) is 11.9 Å². The van der Waals surface area contributed by atoms with Gasteiger partial charge in [-0.1, -0.05) is 42.5 Å². The van der Waals surface area contributed by atoms with Crippen LogP contribution in [-0.2, 0) is 16.1 Å². The topological polar surface area (TPSA) is 68.6 Å². The van der Waals surface area contributed by atoms with Gasteiger partial charge in [0.15, 0.2) is 0 Å². The van der Waals surface area contributed by atoms with Crippen LogP contribution in [0.5, 0.6) is 5.75 Å². The van der Waals surface area contributed by atoms with Crippen molar-refractivity contribution in [2.75, 3.05) is 26.3 Å². The van der Waals surface area contributed by atoms with Gasteiger partial charge < -0.3 is 14.8 Å². The van der Waals surface area contributed by atoms with Crippen molar-refractivity contribution in [1.82, 2.24) is 20.0 Å². The van der Waals surface area contributed by atoms with E-state index in [1.807, 2.05) is 28.2 Å². The Morgan fingerprint density at radius 3 is 2.46 bits per heavy atom. The fourth-order valence-corrected chi connectivity index (χ4v) is 4.66. The first-order valence-electron chi connectivity index (χ1n) is 12.7. The largest absolute Gasteiger partial charge is 0.484 e. The molecule has 0 unspecified atom stereocenters. The second kappa shape index (κ2) is 11.5. The summed E-state index contributed by atoms with van der Waals surface area (Å²) in [6.45, 7) is 5.73. The maximum atomic E-state index is 12.9. The van der Waals surface area contributed by atoms with Gasteiger partial charge in [0, 0.05) is 25.0 Å². The van der Waals surface area contributed by atoms with Crippen molar-refractivity contribution in [3.8, 4) is 11.4 Å². The highest BCUT2D eigenvalue weighted by molar-refractivity contribution is 5.82. The van der Waals surface area contributed by atoms with Gasteiger partial charge in [-0.2, -0.15) is 18.3 Å². The number of halogens is 3. The van der Waals surface area contributed by atoms with Crippen molar-refractivity contribution in [2.45, 2.75) is 31.8 Å². The Labute approximate surface area is 224 Å². The Balaban J connectivity index is 1.34. The fourth-order valence-electron chi connectivity index (χ4n) is 4.66. The van der Waals surface area contributed by atoms with E-state index in [2.05, 4.69) is 22.1 Å². The number of carbonyl (C=O) groups excluding carboxylic acids is 1. The second-order valence-electron chi connectivity index (χ2n) is 9.54. The van der Waals surface area contributed by atoms with Gasteiger partial charge in [-0.05, 0) is 48.4 Å². The van der Waals surface area contributed by atoms with Gasteiger partial charge in [-0.3, -0.25) is 9.69 Å². The van der Waals surface area contributed by atoms with E-state index >= 15 is 0 Å². The molecule has 204 valence electrons. The number of morpholine rings is 1. The molecule has 1 N–H and O–H groups in total. The lowest BCUT2D eigenvalue weighted by Crippen LogP contribution is -2.45. The number of nitrogens with one attached hydrogen (secondary N) is 1. The minimum atomic E-state index is -4.98. The SMILES string of the molecule is C[C@H](NC(=O)C(F)(F)F)[C@@H](Oc1ccc2c(cnn2-c2ccc(CN3CCOCC3)cc2)c1)c1ccccc1. The van der Waals surface area contributed by atoms with Gasteiger partial charge in [0.2, 0.25) is 0 Å². The highest BCUT2D eigenvalue weighted by Gasteiger charge is 2.40. The Bertz CT molecular complexity index is 1400. The van der Waals surface area contributed by atoms with Crippen molar-refractivity contribution < 1.29 is 27.4 Å². The summed E-state index contributed by atoms with van der Waals surface area (Å²) in [4.78, 5) is 13.9. The average molecular weight is 539 g/mol. The number of ether oxygens (including phenoxy) is 2. The smallest absolute Gasteiger partial charge is 0.471 e. The van der Waals surface area contributed by atoms with Crippen LogP contribution in [0.15, 0.2) is 79.0 Å². The first-order chi connectivity index (χ1) is 18.8. The lowest BCUT2D eigenvalue weighted by atomic mass is 10.0. The highest BCUT2D eigenvalue weighted by atomic mass is 19.4. The molecule has 0 saturated carbocycles. The molecule has 0 radical (unpaired) electrons. The van der Waals surface area contributed by atoms with Gasteiger partial charge >= 0.3 is 12.1 Å². The number of carbonyl (C=O) groups is 1. The summed E-state index contributed by atoms with van der Waals surface area (Å²) >= 11 is 0. The molecule has 39 heavy (non-hydrogen) atoms. The van der Waals surface area contributed by atoms with Crippen molar-refractivity contribution in [2.24, 2.45) is 0 Å². The summed E-state index contributed by atoms with van der Waals surface area (Å²) in [6.07, 6.45) is -4.11. The predicted octanol–water partition coefficient (Wildman–Crippen LogP) is 5.04. The van der Waals surface area contributed by atoms with Crippen molar-refractivity contribution >= 4 is 16.8 Å². The predicted molar refractivity (Wildman–Crippen MR) is 141 cm³/mol. The number of hydrogen-bond donors (Lipinski definition) is 1. The molecule has 1 aliphatic rings. The molecular formula is C29H29F3N4O3. The Morgan fingerprint density at radius 1 is 1.05 bits per heavy atom. The summed E-state index contributed by atoms with van der Waals surface area (Å²) in [5.41, 5.74) is 3.62. The monoisotopic (exact) mass is 538 g/mol. The van der Waals surface area contributed by atoms with Crippen molar-refractivity contribution in [3.05, 3.63) is 90.1 Å². The number of benzene rings is 3. The van der Waals surface area contributed by atoms with Crippen LogP contribution in [0.2, 0.25) is 0 Å². The molecule has 1 aromatic heterocycles. The van der Waals surface area contributed by atoms with E-state index < -0.39 is 24.2 Å². The zero-order chi connectivity index (χ0) is 27.4. The third-order valence-corrected chi connectivity index (χ3v) is 6.69. The van der Waals surface area contributed by atoms with Crippen LogP contribution >= 0.6 is 0 Å². The molecule has 0 spiro atoms. The van der Waals surface area contributed by atoms with Crippen LogP contribution in [0.4, 0.5) is 13.2 Å². The zero-order valence-electron chi connectivity index (χ0n) is 21.4. The third kappa shape index (κ3) is 6.40. The van der Waals surface area contributed by atoms with E-state index in [-0.39, 0.29) is 0 Å². The number of alkyl halides is 3. The summed E-state index contributed by atoms with van der Waals surface area (Å²) in [6, 6.07) is 21.5. The van der Waals surface area contributed by atoms with Gasteiger partial charge in [0.25, 0.3) is 0 Å².